The van der Waals surface area contributed by atoms with Crippen molar-refractivity contribution in [1.29, 1.82) is 0 Å². The zero-order valence-electron chi connectivity index (χ0n) is 12.0. The average Bonchev–Trinajstić information content (AvgIpc) is 2.72. The number of fused-ring (bicyclic) bond motifs is 1. The van der Waals surface area contributed by atoms with E-state index in [0.29, 0.717) is 0 Å². The number of hydrogen-bond donors (Lipinski definition) is 0. The van der Waals surface area contributed by atoms with E-state index in [4.69, 9.17) is 0 Å². The van der Waals surface area contributed by atoms with Gasteiger partial charge in [0.05, 0.1) is 0 Å². The van der Waals surface area contributed by atoms with Crippen LogP contribution in [0.4, 0.5) is 5.69 Å². The van der Waals surface area contributed by atoms with Crippen LogP contribution in [-0.4, -0.2) is 12.6 Å². The molecule has 2 unspecified atom stereocenters. The van der Waals surface area contributed by atoms with Crippen LogP contribution in [0.1, 0.15) is 48.8 Å². The molecule has 1 heterocycles. The molecule has 0 aromatic heterocycles. The highest BCUT2D eigenvalue weighted by Crippen LogP contribution is 2.41. The minimum atomic E-state index is 0.832. The van der Waals surface area contributed by atoms with E-state index >= 15 is 0 Å². The summed E-state index contributed by atoms with van der Waals surface area (Å²) in [5.74, 6) is 0.971. The molecule has 0 spiro atoms. The third-order valence-electron chi connectivity index (χ3n) is 4.93. The minimum absolute atomic E-state index is 0.832. The maximum atomic E-state index is 2.73. The molecule has 1 heteroatoms. The van der Waals surface area contributed by atoms with Crippen molar-refractivity contribution in [1.82, 2.24) is 0 Å². The largest absolute Gasteiger partial charge is 0.368 e. The number of anilines is 1. The van der Waals surface area contributed by atoms with E-state index in [0.717, 1.165) is 12.0 Å². The lowest BCUT2D eigenvalue weighted by atomic mass is 9.85. The third kappa shape index (κ3) is 1.94. The van der Waals surface area contributed by atoms with Crippen LogP contribution in [0.15, 0.2) is 12.1 Å². The summed E-state index contributed by atoms with van der Waals surface area (Å²) in [5.41, 5.74) is 5.88. The fraction of sp³-hybridized carbons (Fsp3) is 0.647. The third-order valence-corrected chi connectivity index (χ3v) is 4.93. The summed E-state index contributed by atoms with van der Waals surface area (Å²) in [5, 5.41) is 0. The van der Waals surface area contributed by atoms with Gasteiger partial charge in [0.2, 0.25) is 0 Å². The number of benzene rings is 1. The molecule has 0 N–H and O–H groups in total. The second-order valence-electron chi connectivity index (χ2n) is 6.34. The molecular weight excluding hydrogens is 218 g/mol. The van der Waals surface area contributed by atoms with Crippen molar-refractivity contribution in [3.05, 3.63) is 28.8 Å². The molecule has 2 aliphatic rings. The molecule has 1 saturated carbocycles. The van der Waals surface area contributed by atoms with Crippen molar-refractivity contribution in [2.75, 3.05) is 11.4 Å². The molecule has 1 aromatic carbocycles. The zero-order chi connectivity index (χ0) is 12.7. The zero-order valence-corrected chi connectivity index (χ0v) is 12.0. The minimum Gasteiger partial charge on any atom is -0.368 e. The Morgan fingerprint density at radius 1 is 0.944 bits per heavy atom. The van der Waals surface area contributed by atoms with Crippen molar-refractivity contribution in [3.63, 3.8) is 0 Å². The van der Waals surface area contributed by atoms with Gasteiger partial charge in [-0.3, -0.25) is 0 Å². The van der Waals surface area contributed by atoms with Gasteiger partial charge in [-0.1, -0.05) is 30.5 Å². The lowest BCUT2D eigenvalue weighted by molar-refractivity contribution is 0.342. The highest BCUT2D eigenvalue weighted by molar-refractivity contribution is 5.61. The Morgan fingerprint density at radius 2 is 1.61 bits per heavy atom. The van der Waals surface area contributed by atoms with Crippen LogP contribution in [0.2, 0.25) is 0 Å². The van der Waals surface area contributed by atoms with Crippen molar-refractivity contribution >= 4 is 5.69 Å². The van der Waals surface area contributed by atoms with Gasteiger partial charge in [0.15, 0.2) is 0 Å². The van der Waals surface area contributed by atoms with E-state index in [1.165, 1.54) is 61.0 Å². The molecule has 0 radical (unpaired) electrons. The van der Waals surface area contributed by atoms with E-state index in [-0.39, 0.29) is 0 Å². The normalized spacial score (nSPS) is 27.4. The lowest BCUT2D eigenvalue weighted by Gasteiger charge is -2.35. The molecule has 1 aliphatic carbocycles. The number of aryl methyl sites for hydroxylation is 3. The maximum absolute atomic E-state index is 2.73. The smallest absolute Gasteiger partial charge is 0.0428 e. The number of hydrogen-bond acceptors (Lipinski definition) is 1. The monoisotopic (exact) mass is 243 g/mol. The summed E-state index contributed by atoms with van der Waals surface area (Å²) in [4.78, 5) is 2.73. The lowest BCUT2D eigenvalue weighted by Crippen LogP contribution is -2.35. The Hall–Kier alpha value is -0.980. The van der Waals surface area contributed by atoms with E-state index in [1.54, 1.807) is 0 Å². The summed E-state index contributed by atoms with van der Waals surface area (Å²) in [6.07, 6.45) is 7.18. The van der Waals surface area contributed by atoms with Gasteiger partial charge >= 0.3 is 0 Å². The summed E-state index contributed by atoms with van der Waals surface area (Å²) in [6, 6.07) is 5.52. The maximum Gasteiger partial charge on any atom is 0.0428 e. The van der Waals surface area contributed by atoms with E-state index < -0.39 is 0 Å². The fourth-order valence-corrected chi connectivity index (χ4v) is 4.31. The van der Waals surface area contributed by atoms with Gasteiger partial charge in [-0.15, -0.1) is 0 Å². The standard InChI is InChI=1S/C17H25N/c1-12-10-13(2)17(14(3)11-12)18-9-8-15-6-4-5-7-16(15)18/h10-11,15-16H,4-9H2,1-3H3. The highest BCUT2D eigenvalue weighted by Gasteiger charge is 2.36. The molecule has 2 atom stereocenters. The quantitative estimate of drug-likeness (QED) is 0.707. The second kappa shape index (κ2) is 4.60. The topological polar surface area (TPSA) is 3.24 Å². The van der Waals surface area contributed by atoms with Crippen LogP contribution >= 0.6 is 0 Å². The Bertz CT molecular complexity index is 426. The Labute approximate surface area is 111 Å². The van der Waals surface area contributed by atoms with Crippen LogP contribution in [0.5, 0.6) is 0 Å². The van der Waals surface area contributed by atoms with E-state index in [1.807, 2.05) is 0 Å². The van der Waals surface area contributed by atoms with Crippen LogP contribution < -0.4 is 4.90 Å². The molecule has 1 aliphatic heterocycles. The molecule has 0 amide bonds. The van der Waals surface area contributed by atoms with Crippen molar-refractivity contribution < 1.29 is 0 Å². The van der Waals surface area contributed by atoms with Gasteiger partial charge in [-0.2, -0.15) is 0 Å². The first-order chi connectivity index (χ1) is 8.66. The molecule has 1 saturated heterocycles. The van der Waals surface area contributed by atoms with E-state index in [2.05, 4.69) is 37.8 Å². The van der Waals surface area contributed by atoms with Gasteiger partial charge in [-0.05, 0) is 57.1 Å². The predicted molar refractivity (Wildman–Crippen MR) is 78.4 cm³/mol. The van der Waals surface area contributed by atoms with Gasteiger partial charge in [0.1, 0.15) is 0 Å². The molecule has 1 aromatic rings. The van der Waals surface area contributed by atoms with Gasteiger partial charge in [0, 0.05) is 18.3 Å². The van der Waals surface area contributed by atoms with Crippen molar-refractivity contribution in [2.45, 2.75) is 58.9 Å². The van der Waals surface area contributed by atoms with Crippen LogP contribution in [0.3, 0.4) is 0 Å². The average molecular weight is 243 g/mol. The van der Waals surface area contributed by atoms with E-state index in [9.17, 15) is 0 Å². The SMILES string of the molecule is Cc1cc(C)c(N2CCC3CCCCC32)c(C)c1. The summed E-state index contributed by atoms with van der Waals surface area (Å²) in [7, 11) is 0. The number of nitrogens with zero attached hydrogens (tertiary/aromatic N) is 1. The van der Waals surface area contributed by atoms with Gasteiger partial charge in [0.25, 0.3) is 0 Å². The first-order valence-electron chi connectivity index (χ1n) is 7.51. The van der Waals surface area contributed by atoms with Crippen LogP contribution in [0, 0.1) is 26.7 Å². The van der Waals surface area contributed by atoms with Gasteiger partial charge < -0.3 is 4.90 Å². The fourth-order valence-electron chi connectivity index (χ4n) is 4.31. The van der Waals surface area contributed by atoms with Gasteiger partial charge in [-0.25, -0.2) is 0 Å². The second-order valence-corrected chi connectivity index (χ2v) is 6.34. The molecular formula is C17H25N. The van der Waals surface area contributed by atoms with Crippen LogP contribution in [-0.2, 0) is 0 Å². The summed E-state index contributed by atoms with van der Waals surface area (Å²) >= 11 is 0. The van der Waals surface area contributed by atoms with Crippen molar-refractivity contribution in [3.8, 4) is 0 Å². The highest BCUT2D eigenvalue weighted by atomic mass is 15.2. The summed E-state index contributed by atoms with van der Waals surface area (Å²) < 4.78 is 0. The summed E-state index contributed by atoms with van der Waals surface area (Å²) in [6.45, 7) is 8.05. The first-order valence-corrected chi connectivity index (χ1v) is 7.51. The predicted octanol–water partition coefficient (Wildman–Crippen LogP) is 4.38. The molecule has 2 fully saturated rings. The molecule has 1 nitrogen and oxygen atoms in total. The Balaban J connectivity index is 1.95. The number of rotatable bonds is 1. The molecule has 3 rings (SSSR count). The Kier molecular flexibility index (Phi) is 3.09. The molecule has 98 valence electrons. The Morgan fingerprint density at radius 3 is 2.33 bits per heavy atom. The van der Waals surface area contributed by atoms with Crippen LogP contribution in [0.25, 0.3) is 0 Å². The molecule has 0 bridgehead atoms. The van der Waals surface area contributed by atoms with Crippen molar-refractivity contribution in [2.24, 2.45) is 5.92 Å². The molecule has 18 heavy (non-hydrogen) atoms. The first kappa shape index (κ1) is 12.1.